The zero-order valence-electron chi connectivity index (χ0n) is 35.0. The summed E-state index contributed by atoms with van der Waals surface area (Å²) < 4.78 is 24.7. The number of benzene rings is 2. The molecule has 1 saturated heterocycles. The molecule has 4 aromatic rings. The fraction of sp³-hybridized carbons (Fsp3) is 0.432. The molecule has 2 aromatic carbocycles. The number of likely N-dealkylation sites (N-methyl/N-ethyl adjacent to an activating group) is 2. The monoisotopic (exact) mass is 837 g/mol. The molecule has 0 bridgehead atoms. The largest absolute Gasteiger partial charge is 0.496 e. The number of aldehydes is 1. The third-order valence-electron chi connectivity index (χ3n) is 12.1. The van der Waals surface area contributed by atoms with Gasteiger partial charge in [-0.25, -0.2) is 0 Å². The number of ether oxygens (including phenoxy) is 4. The lowest BCUT2D eigenvalue weighted by molar-refractivity contribution is -0.136. The van der Waals surface area contributed by atoms with Crippen LogP contribution in [0.4, 0.5) is 5.69 Å². The van der Waals surface area contributed by atoms with E-state index in [4.69, 9.17) is 18.9 Å². The maximum absolute atomic E-state index is 13.5. The molecule has 1 aliphatic heterocycles. The van der Waals surface area contributed by atoms with E-state index in [2.05, 4.69) is 25.8 Å². The van der Waals surface area contributed by atoms with Crippen molar-refractivity contribution in [3.05, 3.63) is 82.0 Å². The molecule has 322 valence electrons. The normalized spacial score (nSPS) is 20.1. The van der Waals surface area contributed by atoms with E-state index in [1.54, 1.807) is 50.4 Å². The molecule has 1 unspecified atom stereocenters. The number of carbonyl (C=O) groups is 5. The summed E-state index contributed by atoms with van der Waals surface area (Å²) in [4.78, 5) is 82.6. The molecule has 2 saturated carbocycles. The highest BCUT2D eigenvalue weighted by atomic mass is 16.5. The second-order valence-electron chi connectivity index (χ2n) is 15.8. The molecule has 3 heterocycles. The Morgan fingerprint density at radius 3 is 2.41 bits per heavy atom. The SMILES string of the molecule is COc1cc(-c2cn(C)c(=O)c3cnccc23)cc(OC)c1CN(C)C12CC1(NC(=O)CCOCCOCCNc1cccc(C=O)c1C(=O)N(C)C1CCC(=O)NC1=O)C2. The predicted octanol–water partition coefficient (Wildman–Crippen LogP) is 2.68. The van der Waals surface area contributed by atoms with Crippen LogP contribution >= 0.6 is 0 Å². The number of imide groups is 1. The number of nitrogens with zero attached hydrogens (tertiary/aromatic N) is 4. The van der Waals surface area contributed by atoms with Crippen molar-refractivity contribution in [2.75, 3.05) is 66.6 Å². The molecule has 3 aliphatic rings. The molecule has 4 amide bonds. The van der Waals surface area contributed by atoms with Crippen molar-refractivity contribution in [3.8, 4) is 22.6 Å². The van der Waals surface area contributed by atoms with E-state index in [-0.39, 0.29) is 85.3 Å². The Hall–Kier alpha value is -6.17. The van der Waals surface area contributed by atoms with E-state index in [0.29, 0.717) is 41.9 Å². The van der Waals surface area contributed by atoms with Crippen molar-refractivity contribution in [1.82, 2.24) is 30.0 Å². The second kappa shape index (κ2) is 17.8. The number of rotatable bonds is 20. The topological polar surface area (TPSA) is 200 Å². The van der Waals surface area contributed by atoms with E-state index in [1.165, 1.54) is 18.0 Å². The van der Waals surface area contributed by atoms with Crippen LogP contribution in [-0.2, 0) is 37.4 Å². The van der Waals surface area contributed by atoms with Gasteiger partial charge in [0.2, 0.25) is 17.7 Å². The van der Waals surface area contributed by atoms with Crippen LogP contribution < -0.4 is 31.0 Å². The molecule has 3 fully saturated rings. The zero-order chi connectivity index (χ0) is 43.5. The first-order valence-electron chi connectivity index (χ1n) is 20.2. The molecule has 17 nitrogen and oxygen atoms in total. The Labute approximate surface area is 352 Å². The van der Waals surface area contributed by atoms with Gasteiger partial charge in [-0.15, -0.1) is 0 Å². The average Bonchev–Trinajstić information content (AvgIpc) is 4.10. The summed E-state index contributed by atoms with van der Waals surface area (Å²) in [6, 6.07) is 9.77. The number of methoxy groups -OCH3 is 2. The summed E-state index contributed by atoms with van der Waals surface area (Å²) in [5, 5.41) is 9.94. The predicted molar refractivity (Wildman–Crippen MR) is 225 cm³/mol. The molecule has 61 heavy (non-hydrogen) atoms. The fourth-order valence-electron chi connectivity index (χ4n) is 8.42. The summed E-state index contributed by atoms with van der Waals surface area (Å²) in [6.07, 6.45) is 7.86. The Morgan fingerprint density at radius 2 is 1.72 bits per heavy atom. The standard InChI is InChI=1S/C44H51N7O10/c1-49-22-31(29-11-13-45-21-30(29)41(49)56)28-19-35(58-4)32(36(20-28)59-5)23-50(2)44-25-43(44,26-44)48-38(54)12-15-60-17-18-61-16-14-46-33-8-6-7-27(24-52)39(33)42(57)51(3)34-9-10-37(53)47-40(34)55/h6-8,11,13,19-22,24,34,46H,9-10,12,14-18,23,25-26H2,1-5H3,(H,48,54)(H,47,53,55). The van der Waals surface area contributed by atoms with Gasteiger partial charge >= 0.3 is 0 Å². The summed E-state index contributed by atoms with van der Waals surface area (Å²) in [5.41, 5.74) is 2.76. The Kier molecular flexibility index (Phi) is 12.5. The van der Waals surface area contributed by atoms with Crippen LogP contribution in [0.25, 0.3) is 21.9 Å². The minimum Gasteiger partial charge on any atom is -0.496 e. The van der Waals surface area contributed by atoms with E-state index in [1.807, 2.05) is 31.4 Å². The summed E-state index contributed by atoms with van der Waals surface area (Å²) in [7, 11) is 8.49. The van der Waals surface area contributed by atoms with Crippen molar-refractivity contribution in [2.45, 2.75) is 55.8 Å². The highest BCUT2D eigenvalue weighted by molar-refractivity contribution is 6.09. The first kappa shape index (κ1) is 42.9. The van der Waals surface area contributed by atoms with Crippen LogP contribution in [-0.4, -0.2) is 128 Å². The molecule has 3 N–H and O–H groups in total. The van der Waals surface area contributed by atoms with Crippen molar-refractivity contribution in [3.63, 3.8) is 0 Å². The van der Waals surface area contributed by atoms with E-state index in [9.17, 15) is 28.8 Å². The molecule has 0 radical (unpaired) electrons. The van der Waals surface area contributed by atoms with Crippen LogP contribution in [0.5, 0.6) is 11.5 Å². The number of anilines is 1. The maximum Gasteiger partial charge on any atom is 0.259 e. The van der Waals surface area contributed by atoms with E-state index in [0.717, 1.165) is 34.9 Å². The molecule has 1 atom stereocenters. The summed E-state index contributed by atoms with van der Waals surface area (Å²) in [6.45, 7) is 1.93. The fourth-order valence-corrected chi connectivity index (χ4v) is 8.42. The summed E-state index contributed by atoms with van der Waals surface area (Å²) in [5.74, 6) is -0.221. The number of aryl methyl sites for hydroxylation is 1. The van der Waals surface area contributed by atoms with Crippen molar-refractivity contribution < 1.29 is 42.9 Å². The van der Waals surface area contributed by atoms with Crippen LogP contribution in [0.2, 0.25) is 0 Å². The van der Waals surface area contributed by atoms with Gasteiger partial charge in [-0.2, -0.15) is 0 Å². The van der Waals surface area contributed by atoms with Gasteiger partial charge in [0.25, 0.3) is 11.5 Å². The zero-order valence-corrected chi connectivity index (χ0v) is 35.0. The first-order chi connectivity index (χ1) is 29.4. The maximum atomic E-state index is 13.5. The average molecular weight is 838 g/mol. The lowest BCUT2D eigenvalue weighted by atomic mass is 9.99. The van der Waals surface area contributed by atoms with E-state index < -0.39 is 17.9 Å². The van der Waals surface area contributed by atoms with Crippen molar-refractivity contribution in [2.24, 2.45) is 7.05 Å². The van der Waals surface area contributed by atoms with Gasteiger partial charge in [0.05, 0.1) is 62.7 Å². The van der Waals surface area contributed by atoms with Crippen LogP contribution in [0, 0.1) is 0 Å². The van der Waals surface area contributed by atoms with Crippen molar-refractivity contribution in [1.29, 1.82) is 0 Å². The number of pyridine rings is 2. The van der Waals surface area contributed by atoms with Gasteiger partial charge in [0.15, 0.2) is 6.29 Å². The molecule has 17 heteroatoms. The Morgan fingerprint density at radius 1 is 1.00 bits per heavy atom. The van der Waals surface area contributed by atoms with Gasteiger partial charge in [0.1, 0.15) is 17.5 Å². The van der Waals surface area contributed by atoms with E-state index >= 15 is 0 Å². The van der Waals surface area contributed by atoms with Gasteiger partial charge in [0, 0.05) is 81.0 Å². The third kappa shape index (κ3) is 8.58. The highest BCUT2D eigenvalue weighted by Gasteiger charge is 2.85. The quantitative estimate of drug-likeness (QED) is 0.0668. The second-order valence-corrected chi connectivity index (χ2v) is 15.8. The molecular weight excluding hydrogens is 787 g/mol. The molecular formula is C44H51N7O10. The number of piperidine rings is 1. The number of carbonyl (C=O) groups excluding carboxylic acids is 5. The highest BCUT2D eigenvalue weighted by Crippen LogP contribution is 2.74. The number of hydrogen-bond acceptors (Lipinski definition) is 13. The molecule has 7 rings (SSSR count). The Balaban J connectivity index is 0.839. The number of amides is 4. The number of fused-ring (bicyclic) bond motifs is 2. The molecule has 2 aromatic heterocycles. The summed E-state index contributed by atoms with van der Waals surface area (Å²) >= 11 is 0. The number of hydrogen-bond donors (Lipinski definition) is 3. The number of aromatic nitrogens is 2. The van der Waals surface area contributed by atoms with Crippen LogP contribution in [0.3, 0.4) is 0 Å². The van der Waals surface area contributed by atoms with Crippen molar-refractivity contribution >= 4 is 46.4 Å². The Bertz CT molecular complexity index is 2400. The molecule has 2 aliphatic carbocycles. The van der Waals surface area contributed by atoms with Crippen LogP contribution in [0.15, 0.2) is 59.8 Å². The van der Waals surface area contributed by atoms with Crippen LogP contribution in [0.1, 0.15) is 58.4 Å². The van der Waals surface area contributed by atoms with Gasteiger partial charge in [-0.3, -0.25) is 44.0 Å². The minimum atomic E-state index is -0.831. The van der Waals surface area contributed by atoms with Gasteiger partial charge < -0.3 is 39.0 Å². The van der Waals surface area contributed by atoms with Gasteiger partial charge in [-0.05, 0) is 61.5 Å². The number of nitrogens with one attached hydrogen (secondary N) is 3. The molecule has 0 spiro atoms. The minimum absolute atomic E-state index is 0.0803. The lowest BCUT2D eigenvalue weighted by Gasteiger charge is -2.30. The first-order valence-corrected chi connectivity index (χ1v) is 20.2. The smallest absolute Gasteiger partial charge is 0.259 e. The van der Waals surface area contributed by atoms with Gasteiger partial charge in [-0.1, -0.05) is 12.1 Å². The third-order valence-corrected chi connectivity index (χ3v) is 12.1. The lowest BCUT2D eigenvalue weighted by Crippen LogP contribution is -2.53.